The zero-order chi connectivity index (χ0) is 11.6. The zero-order valence-electron chi connectivity index (χ0n) is 10.7. The molecule has 0 aliphatic carbocycles. The maximum Gasteiger partial charge on any atom is 0.0240 e. The third-order valence-electron chi connectivity index (χ3n) is 2.85. The Kier molecular flexibility index (Phi) is 9.63. The minimum atomic E-state index is 0.213. The van der Waals surface area contributed by atoms with Gasteiger partial charge in [-0.3, -0.25) is 0 Å². The molecule has 0 atom stereocenters. The molecule has 92 valence electrons. The summed E-state index contributed by atoms with van der Waals surface area (Å²) in [7, 11) is 0. The number of rotatable bonds is 10. The topological polar surface area (TPSA) is 12.0 Å². The third kappa shape index (κ3) is 10.5. The van der Waals surface area contributed by atoms with Gasteiger partial charge in [0.1, 0.15) is 0 Å². The maximum atomic E-state index is 5.74. The van der Waals surface area contributed by atoms with Crippen molar-refractivity contribution < 1.29 is 0 Å². The fourth-order valence-corrected chi connectivity index (χ4v) is 2.13. The first-order valence-electron chi connectivity index (χ1n) is 6.43. The molecular weight excluding hydrogens is 206 g/mol. The lowest BCUT2D eigenvalue weighted by Crippen LogP contribution is -2.40. The van der Waals surface area contributed by atoms with Crippen molar-refractivity contribution in [3.63, 3.8) is 0 Å². The number of alkyl halides is 1. The molecule has 0 amide bonds. The summed E-state index contributed by atoms with van der Waals surface area (Å²) in [6.45, 7) is 7.85. The molecular formula is C13H28ClN. The van der Waals surface area contributed by atoms with Crippen LogP contribution in [-0.2, 0) is 0 Å². The van der Waals surface area contributed by atoms with Gasteiger partial charge in [0, 0.05) is 11.4 Å². The predicted octanol–water partition coefficient (Wildman–Crippen LogP) is 4.34. The molecule has 0 aliphatic heterocycles. The van der Waals surface area contributed by atoms with Crippen molar-refractivity contribution in [2.75, 3.05) is 12.4 Å². The van der Waals surface area contributed by atoms with E-state index in [0.29, 0.717) is 0 Å². The summed E-state index contributed by atoms with van der Waals surface area (Å²) in [6, 6.07) is 0. The van der Waals surface area contributed by atoms with Crippen LogP contribution in [0.15, 0.2) is 0 Å². The molecule has 0 radical (unpaired) electrons. The van der Waals surface area contributed by atoms with Crippen LogP contribution >= 0.6 is 11.6 Å². The molecule has 0 aromatic heterocycles. The molecule has 0 aromatic carbocycles. The Morgan fingerprint density at radius 2 is 1.60 bits per heavy atom. The van der Waals surface area contributed by atoms with Crippen LogP contribution in [0.1, 0.15) is 65.7 Å². The van der Waals surface area contributed by atoms with Crippen LogP contribution < -0.4 is 5.32 Å². The molecule has 0 aliphatic rings. The van der Waals surface area contributed by atoms with Crippen molar-refractivity contribution in [3.8, 4) is 0 Å². The standard InChI is InChI=1S/C13H28ClN/c1-4-5-6-7-8-9-12-15-13(2,3)10-11-14/h15H,4-12H2,1-3H3. The van der Waals surface area contributed by atoms with E-state index in [1.54, 1.807) is 0 Å². The molecule has 1 nitrogen and oxygen atoms in total. The first-order chi connectivity index (χ1) is 7.12. The highest BCUT2D eigenvalue weighted by molar-refractivity contribution is 6.17. The molecule has 0 fully saturated rings. The van der Waals surface area contributed by atoms with Crippen molar-refractivity contribution >= 4 is 11.6 Å². The molecule has 0 bridgehead atoms. The minimum absolute atomic E-state index is 0.213. The highest BCUT2D eigenvalue weighted by Crippen LogP contribution is 2.10. The van der Waals surface area contributed by atoms with Gasteiger partial charge in [0.15, 0.2) is 0 Å². The monoisotopic (exact) mass is 233 g/mol. The highest BCUT2D eigenvalue weighted by Gasteiger charge is 2.14. The fraction of sp³-hybridized carbons (Fsp3) is 1.00. The fourth-order valence-electron chi connectivity index (χ4n) is 1.66. The van der Waals surface area contributed by atoms with E-state index in [2.05, 4.69) is 26.1 Å². The van der Waals surface area contributed by atoms with Gasteiger partial charge in [-0.15, -0.1) is 11.6 Å². The van der Waals surface area contributed by atoms with Gasteiger partial charge in [-0.25, -0.2) is 0 Å². The van der Waals surface area contributed by atoms with Crippen molar-refractivity contribution in [3.05, 3.63) is 0 Å². The zero-order valence-corrected chi connectivity index (χ0v) is 11.5. The lowest BCUT2D eigenvalue weighted by atomic mass is 10.0. The van der Waals surface area contributed by atoms with E-state index in [0.717, 1.165) is 18.8 Å². The second-order valence-corrected chi connectivity index (χ2v) is 5.40. The molecule has 0 rings (SSSR count). The van der Waals surface area contributed by atoms with E-state index in [4.69, 9.17) is 11.6 Å². The second kappa shape index (κ2) is 9.47. The molecule has 0 aromatic rings. The van der Waals surface area contributed by atoms with E-state index in [-0.39, 0.29) is 5.54 Å². The summed E-state index contributed by atoms with van der Waals surface area (Å²) in [4.78, 5) is 0. The van der Waals surface area contributed by atoms with Crippen LogP contribution in [0.3, 0.4) is 0 Å². The summed E-state index contributed by atoms with van der Waals surface area (Å²) < 4.78 is 0. The molecule has 0 saturated carbocycles. The van der Waals surface area contributed by atoms with Crippen molar-refractivity contribution in [2.24, 2.45) is 0 Å². The predicted molar refractivity (Wildman–Crippen MR) is 70.8 cm³/mol. The van der Waals surface area contributed by atoms with E-state index in [1.807, 2.05) is 0 Å². The van der Waals surface area contributed by atoms with Gasteiger partial charge in [-0.1, -0.05) is 39.0 Å². The smallest absolute Gasteiger partial charge is 0.0240 e. The van der Waals surface area contributed by atoms with Crippen LogP contribution in [0.5, 0.6) is 0 Å². The SMILES string of the molecule is CCCCCCCCNC(C)(C)CCCl. The number of halogens is 1. The van der Waals surface area contributed by atoms with Crippen LogP contribution in [-0.4, -0.2) is 18.0 Å². The van der Waals surface area contributed by atoms with Gasteiger partial charge in [-0.2, -0.15) is 0 Å². The quantitative estimate of drug-likeness (QED) is 0.437. The Hall–Kier alpha value is 0.250. The molecule has 0 heterocycles. The van der Waals surface area contributed by atoms with Crippen molar-refractivity contribution in [2.45, 2.75) is 71.3 Å². The average Bonchev–Trinajstić information content (AvgIpc) is 2.16. The Bertz CT molecular complexity index is 134. The Balaban J connectivity index is 3.22. The number of nitrogens with one attached hydrogen (secondary N) is 1. The van der Waals surface area contributed by atoms with Gasteiger partial charge in [0.25, 0.3) is 0 Å². The normalized spacial score (nSPS) is 12.0. The van der Waals surface area contributed by atoms with E-state index in [1.165, 1.54) is 38.5 Å². The summed E-state index contributed by atoms with van der Waals surface area (Å²) >= 11 is 5.74. The van der Waals surface area contributed by atoms with Crippen molar-refractivity contribution in [1.82, 2.24) is 5.32 Å². The minimum Gasteiger partial charge on any atom is -0.312 e. The largest absolute Gasteiger partial charge is 0.312 e. The summed E-state index contributed by atoms with van der Waals surface area (Å²) in [5.41, 5.74) is 0.213. The summed E-state index contributed by atoms with van der Waals surface area (Å²) in [5, 5.41) is 3.57. The Labute approximate surface area is 101 Å². The van der Waals surface area contributed by atoms with Gasteiger partial charge in [0.05, 0.1) is 0 Å². The van der Waals surface area contributed by atoms with Crippen molar-refractivity contribution in [1.29, 1.82) is 0 Å². The molecule has 0 unspecified atom stereocenters. The highest BCUT2D eigenvalue weighted by atomic mass is 35.5. The van der Waals surface area contributed by atoms with Gasteiger partial charge < -0.3 is 5.32 Å². The van der Waals surface area contributed by atoms with Gasteiger partial charge >= 0.3 is 0 Å². The van der Waals surface area contributed by atoms with Gasteiger partial charge in [0.2, 0.25) is 0 Å². The molecule has 15 heavy (non-hydrogen) atoms. The summed E-state index contributed by atoms with van der Waals surface area (Å²) in [6.07, 6.45) is 9.24. The van der Waals surface area contributed by atoms with Crippen LogP contribution in [0.25, 0.3) is 0 Å². The van der Waals surface area contributed by atoms with E-state index < -0.39 is 0 Å². The van der Waals surface area contributed by atoms with E-state index in [9.17, 15) is 0 Å². The van der Waals surface area contributed by atoms with E-state index >= 15 is 0 Å². The Morgan fingerprint density at radius 1 is 1.00 bits per heavy atom. The molecule has 1 N–H and O–H groups in total. The molecule has 2 heteroatoms. The number of hydrogen-bond acceptors (Lipinski definition) is 1. The molecule has 0 saturated heterocycles. The average molecular weight is 234 g/mol. The van der Waals surface area contributed by atoms with Crippen LogP contribution in [0.4, 0.5) is 0 Å². The van der Waals surface area contributed by atoms with Gasteiger partial charge in [-0.05, 0) is 33.2 Å². The third-order valence-corrected chi connectivity index (χ3v) is 3.04. The first-order valence-corrected chi connectivity index (χ1v) is 6.97. The Morgan fingerprint density at radius 3 is 2.20 bits per heavy atom. The second-order valence-electron chi connectivity index (χ2n) is 5.02. The molecule has 0 spiro atoms. The lowest BCUT2D eigenvalue weighted by Gasteiger charge is -2.25. The lowest BCUT2D eigenvalue weighted by molar-refractivity contribution is 0.372. The van der Waals surface area contributed by atoms with Crippen LogP contribution in [0, 0.1) is 0 Å². The summed E-state index contributed by atoms with van der Waals surface area (Å²) in [5.74, 6) is 0.747. The van der Waals surface area contributed by atoms with Crippen LogP contribution in [0.2, 0.25) is 0 Å². The number of hydrogen-bond donors (Lipinski definition) is 1. The maximum absolute atomic E-state index is 5.74. The first kappa shape index (κ1) is 15.2. The number of unbranched alkanes of at least 4 members (excludes halogenated alkanes) is 5.